The van der Waals surface area contributed by atoms with Gasteiger partial charge in [-0.3, -0.25) is 14.4 Å². The quantitative estimate of drug-likeness (QED) is 0.160. The van der Waals surface area contributed by atoms with Gasteiger partial charge in [-0.2, -0.15) is 4.48 Å². The number of carbonyl (C=O) groups is 5. The molecule has 0 aromatic heterocycles. The van der Waals surface area contributed by atoms with Gasteiger partial charge in [-0.25, -0.2) is 4.79 Å². The molecule has 250 valence electrons. The van der Waals surface area contributed by atoms with E-state index >= 15 is 0 Å². The SMILES string of the molecule is C.CC(C)C(=O)OCC1CCC([N+]2(C)C=CC(N)=NC2=O)O1.CCCCCC=O.CO.COC.O=Cc1ccccc1C=O. The van der Waals surface area contributed by atoms with Crippen LogP contribution in [0.2, 0.25) is 0 Å². The number of urea groups is 1. The molecule has 3 unspecified atom stereocenters. The maximum absolute atomic E-state index is 12.1. The number of rotatable bonds is 10. The number of nitrogens with zero attached hydrogens (tertiary/aromatic N) is 2. The molecule has 0 aliphatic carbocycles. The molecule has 3 atom stereocenters. The molecular formula is C32H54N3O9+. The van der Waals surface area contributed by atoms with Gasteiger partial charge in [0.25, 0.3) is 0 Å². The van der Waals surface area contributed by atoms with E-state index in [2.05, 4.69) is 16.7 Å². The molecule has 1 aromatic carbocycles. The molecule has 2 heterocycles. The lowest BCUT2D eigenvalue weighted by atomic mass is 10.1. The standard InChI is InChI=1S/C14H21N3O4.C8H6O2.C6H12O.C2H6O.CH4O.CH4/c1-9(2)13(18)20-8-10-4-5-12(21-10)17(3)7-6-11(15)16-14(17)19;9-5-7-3-1-2-4-8(7)6-10;1-2-3-4-5-6-7;1-3-2;1-2;/h6-7,9-10,12H,4-5,8H2,1-3H3,(H-,15,16,19);1-6H;6H,2-5H2,1H3;1-2H3;2H,1H3;1H4/p+1. The van der Waals surface area contributed by atoms with E-state index in [1.165, 1.54) is 12.8 Å². The molecule has 3 rings (SSSR count). The maximum atomic E-state index is 12.1. The molecule has 1 fully saturated rings. The Morgan fingerprint density at radius 1 is 1.11 bits per heavy atom. The molecule has 2 aliphatic rings. The summed E-state index contributed by atoms with van der Waals surface area (Å²) >= 11 is 0. The highest BCUT2D eigenvalue weighted by Crippen LogP contribution is 2.30. The van der Waals surface area contributed by atoms with Crippen LogP contribution in [0.25, 0.3) is 0 Å². The van der Waals surface area contributed by atoms with Gasteiger partial charge in [0.05, 0.1) is 19.1 Å². The summed E-state index contributed by atoms with van der Waals surface area (Å²) < 4.78 is 15.2. The highest BCUT2D eigenvalue weighted by Gasteiger charge is 2.46. The van der Waals surface area contributed by atoms with Crippen LogP contribution in [-0.4, -0.2) is 93.6 Å². The molecule has 0 radical (unpaired) electrons. The average Bonchev–Trinajstić information content (AvgIpc) is 3.50. The lowest BCUT2D eigenvalue weighted by molar-refractivity contribution is -0.830. The summed E-state index contributed by atoms with van der Waals surface area (Å²) in [7, 11) is 5.99. The molecule has 1 saturated heterocycles. The van der Waals surface area contributed by atoms with Crippen LogP contribution >= 0.6 is 0 Å². The topological polar surface area (TPSA) is 172 Å². The molecule has 1 aromatic rings. The Morgan fingerprint density at radius 3 is 2.09 bits per heavy atom. The first-order chi connectivity index (χ1) is 20.5. The Balaban J connectivity index is -0.000000609. The number of quaternary nitrogens is 1. The number of unbranched alkanes of at least 4 members (excludes halogenated alkanes) is 3. The van der Waals surface area contributed by atoms with Crippen molar-refractivity contribution >= 4 is 36.7 Å². The van der Waals surface area contributed by atoms with Crippen molar-refractivity contribution in [3.05, 3.63) is 47.7 Å². The molecule has 3 N–H and O–H groups in total. The summed E-state index contributed by atoms with van der Waals surface area (Å²) in [5.41, 5.74) is 6.40. The third-order valence-corrected chi connectivity index (χ3v) is 5.93. The zero-order valence-corrected chi connectivity index (χ0v) is 26.6. The van der Waals surface area contributed by atoms with E-state index in [-0.39, 0.29) is 54.6 Å². The second kappa shape index (κ2) is 27.0. The number of esters is 1. The fraction of sp³-hybridized carbons (Fsp3) is 0.562. The zero-order valence-electron chi connectivity index (χ0n) is 26.6. The number of amidine groups is 1. The summed E-state index contributed by atoms with van der Waals surface area (Å²) in [5, 5.41) is 7.00. The summed E-state index contributed by atoms with van der Waals surface area (Å²) in [6, 6.07) is 6.31. The Kier molecular flexibility index (Phi) is 27.5. The molecule has 12 heteroatoms. The minimum Gasteiger partial charge on any atom is -0.463 e. The highest BCUT2D eigenvalue weighted by atomic mass is 16.6. The van der Waals surface area contributed by atoms with Gasteiger partial charge in [0.2, 0.25) is 6.23 Å². The van der Waals surface area contributed by atoms with E-state index < -0.39 is 0 Å². The monoisotopic (exact) mass is 624 g/mol. The average molecular weight is 625 g/mol. The molecule has 2 amide bonds. The number of hydrogen-bond acceptors (Lipinski definition) is 10. The van der Waals surface area contributed by atoms with E-state index in [0.29, 0.717) is 30.1 Å². The van der Waals surface area contributed by atoms with E-state index in [1.807, 2.05) is 0 Å². The summed E-state index contributed by atoms with van der Waals surface area (Å²) in [6.45, 7) is 5.92. The van der Waals surface area contributed by atoms with Crippen LogP contribution in [0.1, 0.15) is 87.4 Å². The molecule has 0 bridgehead atoms. The second-order valence-electron chi connectivity index (χ2n) is 9.79. The fourth-order valence-corrected chi connectivity index (χ4v) is 3.52. The lowest BCUT2D eigenvalue weighted by Gasteiger charge is -2.32. The second-order valence-corrected chi connectivity index (χ2v) is 9.79. The van der Waals surface area contributed by atoms with Crippen LogP contribution in [0.3, 0.4) is 0 Å². The molecule has 12 nitrogen and oxygen atoms in total. The van der Waals surface area contributed by atoms with Crippen LogP contribution in [-0.2, 0) is 23.8 Å². The molecule has 2 aliphatic heterocycles. The number of aliphatic imine (C=N–C) groups is 1. The zero-order chi connectivity index (χ0) is 33.3. The number of methoxy groups -OCH3 is 1. The number of carbonyl (C=O) groups excluding carboxylic acids is 5. The first kappa shape index (κ1) is 44.9. The van der Waals surface area contributed by atoms with Gasteiger partial charge >= 0.3 is 12.0 Å². The van der Waals surface area contributed by atoms with Gasteiger partial charge in [-0.05, 0) is 12.8 Å². The van der Waals surface area contributed by atoms with Crippen molar-refractivity contribution in [1.29, 1.82) is 0 Å². The van der Waals surface area contributed by atoms with E-state index in [4.69, 9.17) is 20.3 Å². The maximum Gasteiger partial charge on any atom is 0.451 e. The van der Waals surface area contributed by atoms with Crippen molar-refractivity contribution in [2.45, 2.75) is 79.1 Å². The number of benzene rings is 1. The van der Waals surface area contributed by atoms with Gasteiger partial charge in [-0.1, -0.05) is 65.3 Å². The number of hydrogen-bond donors (Lipinski definition) is 2. The van der Waals surface area contributed by atoms with Crippen LogP contribution < -0.4 is 5.73 Å². The largest absolute Gasteiger partial charge is 0.463 e. The number of nitrogens with two attached hydrogens (primary N) is 1. The fourth-order valence-electron chi connectivity index (χ4n) is 3.52. The van der Waals surface area contributed by atoms with E-state index in [9.17, 15) is 24.0 Å². The van der Waals surface area contributed by atoms with Crippen molar-refractivity contribution in [2.24, 2.45) is 16.6 Å². The predicted molar refractivity (Wildman–Crippen MR) is 171 cm³/mol. The van der Waals surface area contributed by atoms with E-state index in [0.717, 1.165) is 32.7 Å². The minimum atomic E-state index is -0.347. The Hall–Kier alpha value is -3.58. The van der Waals surface area contributed by atoms with Crippen LogP contribution in [0.15, 0.2) is 41.5 Å². The molecule has 0 spiro atoms. The summed E-state index contributed by atoms with van der Waals surface area (Å²) in [4.78, 5) is 57.4. The lowest BCUT2D eigenvalue weighted by Crippen LogP contribution is -2.53. The van der Waals surface area contributed by atoms with Gasteiger partial charge < -0.3 is 29.8 Å². The summed E-state index contributed by atoms with van der Waals surface area (Å²) in [6.07, 6.45) is 10.8. The van der Waals surface area contributed by atoms with Gasteiger partial charge in [0, 0.05) is 51.4 Å². The highest BCUT2D eigenvalue weighted by molar-refractivity contribution is 5.99. The predicted octanol–water partition coefficient (Wildman–Crippen LogP) is 4.73. The number of aliphatic hydroxyl groups excluding tert-OH is 1. The van der Waals surface area contributed by atoms with Crippen molar-refractivity contribution in [3.8, 4) is 0 Å². The first-order valence-electron chi connectivity index (χ1n) is 14.1. The van der Waals surface area contributed by atoms with Gasteiger partial charge in [0.15, 0.2) is 12.6 Å². The van der Waals surface area contributed by atoms with E-state index in [1.54, 1.807) is 71.7 Å². The van der Waals surface area contributed by atoms with Crippen molar-refractivity contribution < 1.29 is 47.8 Å². The minimum absolute atomic E-state index is 0. The van der Waals surface area contributed by atoms with Crippen LogP contribution in [0.5, 0.6) is 0 Å². The molecule has 44 heavy (non-hydrogen) atoms. The Morgan fingerprint density at radius 2 is 1.66 bits per heavy atom. The smallest absolute Gasteiger partial charge is 0.451 e. The number of ether oxygens (including phenoxy) is 3. The summed E-state index contributed by atoms with van der Waals surface area (Å²) in [5.74, 6) is -0.194. The Bertz CT molecular complexity index is 1000. The normalized spacial score (nSPS) is 19.4. The first-order valence-corrected chi connectivity index (χ1v) is 14.1. The van der Waals surface area contributed by atoms with Crippen molar-refractivity contribution in [3.63, 3.8) is 0 Å². The molecular weight excluding hydrogens is 570 g/mol. The number of amides is 2. The molecule has 0 saturated carbocycles. The number of aldehydes is 3. The Labute approximate surface area is 262 Å². The van der Waals surface area contributed by atoms with Crippen LogP contribution in [0.4, 0.5) is 4.79 Å². The van der Waals surface area contributed by atoms with Crippen LogP contribution in [0, 0.1) is 5.92 Å². The van der Waals surface area contributed by atoms with Gasteiger partial charge in [0.1, 0.15) is 24.9 Å². The van der Waals surface area contributed by atoms with Crippen molar-refractivity contribution in [1.82, 2.24) is 0 Å². The van der Waals surface area contributed by atoms with Gasteiger partial charge in [-0.15, -0.1) is 4.99 Å². The third kappa shape index (κ3) is 17.5. The number of aliphatic hydroxyl groups is 1. The van der Waals surface area contributed by atoms with Crippen molar-refractivity contribution in [2.75, 3.05) is 35.0 Å². The third-order valence-electron chi connectivity index (χ3n) is 5.93.